The second-order valence-electron chi connectivity index (χ2n) is 13.0. The van der Waals surface area contributed by atoms with Crippen molar-refractivity contribution in [2.75, 3.05) is 0 Å². The molecule has 2 saturated carbocycles. The minimum absolute atomic E-state index is 0.00455. The summed E-state index contributed by atoms with van der Waals surface area (Å²) >= 11 is 0. The van der Waals surface area contributed by atoms with Crippen molar-refractivity contribution in [2.45, 2.75) is 103 Å². The predicted octanol–water partition coefficient (Wildman–Crippen LogP) is 11.2. The standard InChI is InChI=1S/C38H42F6O2/c1-3-5-6-7-26-17-19-29(35(42)33(26)40)30-20-21-31(37(44)36(30)43)46-38(45)27-14-10-24(11-15-27)23-8-12-25(13-9-23)28-18-16-22(4-2)32(39)34(28)41/h16-21,23-25,27H,3-15H2,1-2H3. The molecular weight excluding hydrogens is 602 g/mol. The Bertz CT molecular complexity index is 1540. The average Bonchev–Trinajstić information content (AvgIpc) is 3.07. The first-order valence-electron chi connectivity index (χ1n) is 16.8. The fourth-order valence-corrected chi connectivity index (χ4v) is 7.49. The van der Waals surface area contributed by atoms with Crippen LogP contribution in [0.2, 0.25) is 0 Å². The molecule has 0 spiro atoms. The van der Waals surface area contributed by atoms with E-state index in [-0.39, 0.29) is 11.5 Å². The van der Waals surface area contributed by atoms with E-state index in [1.165, 1.54) is 12.1 Å². The molecule has 0 radical (unpaired) electrons. The van der Waals surface area contributed by atoms with Crippen LogP contribution in [0.15, 0.2) is 36.4 Å². The maximum atomic E-state index is 15.1. The third-order valence-corrected chi connectivity index (χ3v) is 10.3. The number of unbranched alkanes of at least 4 members (excludes halogenated alkanes) is 2. The number of carbonyl (C=O) groups is 1. The van der Waals surface area contributed by atoms with Gasteiger partial charge >= 0.3 is 5.97 Å². The van der Waals surface area contributed by atoms with Crippen molar-refractivity contribution in [1.29, 1.82) is 0 Å². The Morgan fingerprint density at radius 2 is 1.20 bits per heavy atom. The molecule has 2 aliphatic rings. The molecule has 2 fully saturated rings. The van der Waals surface area contributed by atoms with Gasteiger partial charge in [0, 0.05) is 11.1 Å². The minimum atomic E-state index is -1.43. The molecule has 0 aliphatic heterocycles. The van der Waals surface area contributed by atoms with Gasteiger partial charge in [-0.15, -0.1) is 0 Å². The molecule has 0 atom stereocenters. The van der Waals surface area contributed by atoms with Crippen molar-refractivity contribution in [1.82, 2.24) is 0 Å². The first-order valence-corrected chi connectivity index (χ1v) is 16.8. The second-order valence-corrected chi connectivity index (χ2v) is 13.0. The van der Waals surface area contributed by atoms with Crippen LogP contribution in [-0.4, -0.2) is 5.97 Å². The highest BCUT2D eigenvalue weighted by atomic mass is 19.2. The van der Waals surface area contributed by atoms with Crippen LogP contribution >= 0.6 is 0 Å². The Morgan fingerprint density at radius 1 is 0.630 bits per heavy atom. The molecule has 0 N–H and O–H groups in total. The van der Waals surface area contributed by atoms with Crippen LogP contribution in [0.1, 0.15) is 107 Å². The summed E-state index contributed by atoms with van der Waals surface area (Å²) in [5.74, 6) is -7.47. The molecule has 0 amide bonds. The molecule has 0 bridgehead atoms. The normalized spacial score (nSPS) is 21.7. The summed E-state index contributed by atoms with van der Waals surface area (Å²) < 4.78 is 94.0. The van der Waals surface area contributed by atoms with Crippen LogP contribution in [0.4, 0.5) is 26.3 Å². The van der Waals surface area contributed by atoms with Crippen molar-refractivity contribution < 1.29 is 35.9 Å². The van der Waals surface area contributed by atoms with Gasteiger partial charge in [-0.1, -0.05) is 51.0 Å². The van der Waals surface area contributed by atoms with Gasteiger partial charge in [0.1, 0.15) is 0 Å². The van der Waals surface area contributed by atoms with E-state index in [0.717, 1.165) is 63.5 Å². The smallest absolute Gasteiger partial charge is 0.314 e. The third kappa shape index (κ3) is 7.16. The Hall–Kier alpha value is -3.29. The fraction of sp³-hybridized carbons (Fsp3) is 0.500. The van der Waals surface area contributed by atoms with Crippen molar-refractivity contribution in [2.24, 2.45) is 17.8 Å². The van der Waals surface area contributed by atoms with Gasteiger partial charge in [-0.3, -0.25) is 4.79 Å². The fourth-order valence-electron chi connectivity index (χ4n) is 7.49. The second kappa shape index (κ2) is 15.1. The molecule has 3 aromatic rings. The molecule has 2 aliphatic carbocycles. The first-order chi connectivity index (χ1) is 22.1. The van der Waals surface area contributed by atoms with Crippen LogP contribution in [0.25, 0.3) is 11.1 Å². The molecule has 8 heteroatoms. The number of ether oxygens (including phenoxy) is 1. The Morgan fingerprint density at radius 3 is 1.83 bits per heavy atom. The van der Waals surface area contributed by atoms with Gasteiger partial charge in [0.25, 0.3) is 0 Å². The van der Waals surface area contributed by atoms with Crippen molar-refractivity contribution in [3.8, 4) is 16.9 Å². The highest BCUT2D eigenvalue weighted by molar-refractivity contribution is 5.76. The van der Waals surface area contributed by atoms with E-state index in [1.807, 2.05) is 6.92 Å². The molecular formula is C38H42F6O2. The number of hydrogen-bond acceptors (Lipinski definition) is 2. The summed E-state index contributed by atoms with van der Waals surface area (Å²) in [7, 11) is 0. The molecule has 0 aromatic heterocycles. The summed E-state index contributed by atoms with van der Waals surface area (Å²) in [6.07, 6.45) is 9.36. The van der Waals surface area contributed by atoms with E-state index in [2.05, 4.69) is 0 Å². The Balaban J connectivity index is 1.15. The number of aryl methyl sites for hydroxylation is 2. The van der Waals surface area contributed by atoms with E-state index in [0.29, 0.717) is 55.1 Å². The van der Waals surface area contributed by atoms with Crippen LogP contribution < -0.4 is 4.74 Å². The lowest BCUT2D eigenvalue weighted by atomic mass is 9.68. The third-order valence-electron chi connectivity index (χ3n) is 10.3. The van der Waals surface area contributed by atoms with Crippen LogP contribution in [0, 0.1) is 52.7 Å². The molecule has 5 rings (SSSR count). The van der Waals surface area contributed by atoms with E-state index in [9.17, 15) is 22.4 Å². The van der Waals surface area contributed by atoms with Gasteiger partial charge in [-0.2, -0.15) is 4.39 Å². The minimum Gasteiger partial charge on any atom is -0.423 e. The molecule has 46 heavy (non-hydrogen) atoms. The van der Waals surface area contributed by atoms with Crippen molar-refractivity contribution in [3.05, 3.63) is 88.0 Å². The molecule has 0 unspecified atom stereocenters. The lowest BCUT2D eigenvalue weighted by Crippen LogP contribution is -2.30. The van der Waals surface area contributed by atoms with Gasteiger partial charge in [0.05, 0.1) is 5.92 Å². The summed E-state index contributed by atoms with van der Waals surface area (Å²) in [5, 5.41) is 0. The molecule has 0 heterocycles. The zero-order valence-corrected chi connectivity index (χ0v) is 26.6. The van der Waals surface area contributed by atoms with Crippen molar-refractivity contribution >= 4 is 5.97 Å². The number of esters is 1. The number of halogens is 6. The topological polar surface area (TPSA) is 26.3 Å². The summed E-state index contributed by atoms with van der Waals surface area (Å²) in [6.45, 7) is 3.80. The summed E-state index contributed by atoms with van der Waals surface area (Å²) in [4.78, 5) is 12.9. The maximum Gasteiger partial charge on any atom is 0.314 e. The van der Waals surface area contributed by atoms with E-state index in [1.54, 1.807) is 19.1 Å². The van der Waals surface area contributed by atoms with Crippen LogP contribution in [-0.2, 0) is 17.6 Å². The lowest BCUT2D eigenvalue weighted by molar-refractivity contribution is -0.140. The Labute approximate surface area is 267 Å². The highest BCUT2D eigenvalue weighted by Gasteiger charge is 2.35. The maximum absolute atomic E-state index is 15.1. The zero-order chi connectivity index (χ0) is 33.0. The van der Waals surface area contributed by atoms with E-state index in [4.69, 9.17) is 4.74 Å². The SMILES string of the molecule is CCCCCc1ccc(-c2ccc(OC(=O)C3CCC(C4CCC(c5ccc(CC)c(F)c5F)CC4)CC3)c(F)c2F)c(F)c1F. The van der Waals surface area contributed by atoms with E-state index >= 15 is 8.78 Å². The van der Waals surface area contributed by atoms with Crippen molar-refractivity contribution in [3.63, 3.8) is 0 Å². The van der Waals surface area contributed by atoms with Gasteiger partial charge in [-0.05, 0) is 117 Å². The van der Waals surface area contributed by atoms with Gasteiger partial charge in [0.15, 0.2) is 34.8 Å². The molecule has 0 saturated heterocycles. The van der Waals surface area contributed by atoms with Crippen LogP contribution in [0.5, 0.6) is 5.75 Å². The van der Waals surface area contributed by atoms with Gasteiger partial charge in [0.2, 0.25) is 5.82 Å². The summed E-state index contributed by atoms with van der Waals surface area (Å²) in [6, 6.07) is 8.22. The molecule has 3 aromatic carbocycles. The summed E-state index contributed by atoms with van der Waals surface area (Å²) in [5.41, 5.74) is 0.193. The van der Waals surface area contributed by atoms with E-state index < -0.39 is 63.7 Å². The quantitative estimate of drug-likeness (QED) is 0.0950. The number of rotatable bonds is 10. The Kier molecular flexibility index (Phi) is 11.2. The largest absolute Gasteiger partial charge is 0.423 e. The first kappa shape index (κ1) is 34.1. The van der Waals surface area contributed by atoms with Gasteiger partial charge < -0.3 is 4.74 Å². The monoisotopic (exact) mass is 644 g/mol. The molecule has 248 valence electrons. The predicted molar refractivity (Wildman–Crippen MR) is 166 cm³/mol. The van der Waals surface area contributed by atoms with Gasteiger partial charge in [-0.25, -0.2) is 22.0 Å². The highest BCUT2D eigenvalue weighted by Crippen LogP contribution is 2.45. The average molecular weight is 645 g/mol. The number of benzene rings is 3. The number of hydrogen-bond donors (Lipinski definition) is 0. The lowest BCUT2D eigenvalue weighted by Gasteiger charge is -2.37. The molecule has 2 nitrogen and oxygen atoms in total. The van der Waals surface area contributed by atoms with Crippen LogP contribution in [0.3, 0.4) is 0 Å². The zero-order valence-electron chi connectivity index (χ0n) is 26.6. The number of carbonyl (C=O) groups excluding carboxylic acids is 1.